The van der Waals surface area contributed by atoms with Gasteiger partial charge < -0.3 is 5.32 Å². The highest BCUT2D eigenvalue weighted by Crippen LogP contribution is 2.26. The monoisotopic (exact) mass is 231 g/mol. The zero-order chi connectivity index (χ0) is 12.1. The van der Waals surface area contributed by atoms with E-state index in [1.54, 1.807) is 0 Å². The van der Waals surface area contributed by atoms with Gasteiger partial charge in [0.25, 0.3) is 0 Å². The molecule has 2 nitrogen and oxygen atoms in total. The third-order valence-corrected chi connectivity index (χ3v) is 3.57. The van der Waals surface area contributed by atoms with Gasteiger partial charge in [0.1, 0.15) is 0 Å². The highest BCUT2D eigenvalue weighted by Gasteiger charge is 2.25. The number of nitrogens with one attached hydrogen (secondary N) is 1. The molecule has 17 heavy (non-hydrogen) atoms. The molecule has 1 fully saturated rings. The van der Waals surface area contributed by atoms with Crippen molar-refractivity contribution in [3.05, 3.63) is 35.9 Å². The molecule has 1 amide bonds. The van der Waals surface area contributed by atoms with E-state index in [1.807, 2.05) is 6.07 Å². The van der Waals surface area contributed by atoms with Gasteiger partial charge in [-0.3, -0.25) is 4.79 Å². The quantitative estimate of drug-likeness (QED) is 0.829. The number of benzene rings is 1. The maximum absolute atomic E-state index is 11.7. The first-order valence-corrected chi connectivity index (χ1v) is 6.60. The third-order valence-electron chi connectivity index (χ3n) is 3.57. The maximum Gasteiger partial charge on any atom is 0.223 e. The molecule has 1 saturated carbocycles. The van der Waals surface area contributed by atoms with E-state index in [2.05, 4.69) is 36.5 Å². The van der Waals surface area contributed by atoms with Crippen molar-refractivity contribution in [3.8, 4) is 0 Å². The summed E-state index contributed by atoms with van der Waals surface area (Å²) in [5.41, 5.74) is 1.34. The summed E-state index contributed by atoms with van der Waals surface area (Å²) >= 11 is 0. The van der Waals surface area contributed by atoms with Gasteiger partial charge in [-0.15, -0.1) is 0 Å². The first-order valence-electron chi connectivity index (χ1n) is 6.60. The molecule has 0 unspecified atom stereocenters. The van der Waals surface area contributed by atoms with Crippen molar-refractivity contribution in [3.63, 3.8) is 0 Å². The zero-order valence-corrected chi connectivity index (χ0v) is 10.5. The molecule has 1 aliphatic carbocycles. The minimum atomic E-state index is 0.261. The summed E-state index contributed by atoms with van der Waals surface area (Å²) in [5.74, 6) is 0.561. The molecule has 0 radical (unpaired) electrons. The smallest absolute Gasteiger partial charge is 0.223 e. The number of carbonyl (C=O) groups is 1. The van der Waals surface area contributed by atoms with Crippen LogP contribution in [0.4, 0.5) is 0 Å². The van der Waals surface area contributed by atoms with E-state index in [4.69, 9.17) is 0 Å². The van der Waals surface area contributed by atoms with Crippen molar-refractivity contribution in [2.75, 3.05) is 0 Å². The highest BCUT2D eigenvalue weighted by atomic mass is 16.1. The Labute approximate surface area is 103 Å². The lowest BCUT2D eigenvalue weighted by molar-refractivity contribution is -0.128. The van der Waals surface area contributed by atoms with Crippen LogP contribution in [0.2, 0.25) is 0 Å². The average Bonchev–Trinajstić information content (AvgIpc) is 2.25. The molecule has 2 rings (SSSR count). The molecular formula is C15H21NO. The number of rotatable bonds is 5. The Morgan fingerprint density at radius 2 is 2.06 bits per heavy atom. The van der Waals surface area contributed by atoms with Gasteiger partial charge in [0.15, 0.2) is 0 Å². The molecule has 0 saturated heterocycles. The number of hydrogen-bond donors (Lipinski definition) is 1. The van der Waals surface area contributed by atoms with Gasteiger partial charge in [-0.25, -0.2) is 0 Å². The molecular weight excluding hydrogens is 210 g/mol. The van der Waals surface area contributed by atoms with Gasteiger partial charge in [-0.05, 0) is 38.2 Å². The van der Waals surface area contributed by atoms with Crippen molar-refractivity contribution >= 4 is 5.91 Å². The van der Waals surface area contributed by atoms with Gasteiger partial charge in [0, 0.05) is 12.0 Å². The van der Waals surface area contributed by atoms with Crippen LogP contribution in [0.3, 0.4) is 0 Å². The summed E-state index contributed by atoms with van der Waals surface area (Å²) in [5, 5.41) is 3.11. The fourth-order valence-electron chi connectivity index (χ4n) is 2.13. The minimum absolute atomic E-state index is 0.261. The van der Waals surface area contributed by atoms with Crippen molar-refractivity contribution in [1.82, 2.24) is 5.32 Å². The number of carbonyl (C=O) groups excluding carboxylic acids is 1. The number of amides is 1. The Morgan fingerprint density at radius 1 is 1.35 bits per heavy atom. The van der Waals surface area contributed by atoms with Gasteiger partial charge in [0.2, 0.25) is 5.91 Å². The lowest BCUT2D eigenvalue weighted by atomic mass is 9.84. The second-order valence-corrected chi connectivity index (χ2v) is 5.06. The van der Waals surface area contributed by atoms with Gasteiger partial charge in [-0.1, -0.05) is 36.8 Å². The average molecular weight is 231 g/mol. The minimum Gasteiger partial charge on any atom is -0.353 e. The normalized spacial score (nSPS) is 17.2. The Hall–Kier alpha value is -1.31. The predicted molar refractivity (Wildman–Crippen MR) is 69.7 cm³/mol. The second-order valence-electron chi connectivity index (χ2n) is 5.06. The van der Waals surface area contributed by atoms with Gasteiger partial charge in [0.05, 0.1) is 0 Å². The van der Waals surface area contributed by atoms with Gasteiger partial charge in [-0.2, -0.15) is 0 Å². The Bertz CT molecular complexity index is 356. The molecule has 0 aromatic heterocycles. The summed E-state index contributed by atoms with van der Waals surface area (Å²) in [4.78, 5) is 11.7. The van der Waals surface area contributed by atoms with Crippen LogP contribution in [0.1, 0.15) is 38.2 Å². The predicted octanol–water partition coefficient (Wildman–Crippen LogP) is 2.92. The van der Waals surface area contributed by atoms with Crippen LogP contribution in [0.5, 0.6) is 0 Å². The summed E-state index contributed by atoms with van der Waals surface area (Å²) in [6.07, 6.45) is 5.43. The van der Waals surface area contributed by atoms with Crippen LogP contribution in [-0.4, -0.2) is 11.9 Å². The molecule has 0 spiro atoms. The number of aryl methyl sites for hydroxylation is 1. The molecule has 0 aliphatic heterocycles. The zero-order valence-electron chi connectivity index (χ0n) is 10.5. The molecule has 0 bridgehead atoms. The molecule has 1 atom stereocenters. The standard InChI is InChI=1S/C15H21NO/c1-12(16-15(17)14-8-5-9-14)10-11-13-6-3-2-4-7-13/h2-4,6-7,12,14H,5,8-11H2,1H3,(H,16,17)/t12-/m1/s1. The van der Waals surface area contributed by atoms with Gasteiger partial charge >= 0.3 is 0 Å². The van der Waals surface area contributed by atoms with Crippen LogP contribution in [0, 0.1) is 5.92 Å². The Balaban J connectivity index is 1.70. The molecule has 1 aromatic carbocycles. The highest BCUT2D eigenvalue weighted by molar-refractivity contribution is 5.79. The van der Waals surface area contributed by atoms with E-state index >= 15 is 0 Å². The Morgan fingerprint density at radius 3 is 2.65 bits per heavy atom. The van der Waals surface area contributed by atoms with Crippen molar-refractivity contribution < 1.29 is 4.79 Å². The molecule has 1 aliphatic rings. The molecule has 0 heterocycles. The van der Waals surface area contributed by atoms with Crippen molar-refractivity contribution in [2.45, 2.75) is 45.1 Å². The lowest BCUT2D eigenvalue weighted by Gasteiger charge is -2.26. The maximum atomic E-state index is 11.7. The molecule has 92 valence electrons. The van der Waals surface area contributed by atoms with E-state index in [9.17, 15) is 4.79 Å². The summed E-state index contributed by atoms with van der Waals surface area (Å²) in [6.45, 7) is 2.10. The van der Waals surface area contributed by atoms with Crippen molar-refractivity contribution in [2.24, 2.45) is 5.92 Å². The summed E-state index contributed by atoms with van der Waals surface area (Å²) in [7, 11) is 0. The van der Waals surface area contributed by atoms with E-state index in [-0.39, 0.29) is 11.9 Å². The number of hydrogen-bond acceptors (Lipinski definition) is 1. The van der Waals surface area contributed by atoms with E-state index in [0.717, 1.165) is 25.7 Å². The first-order chi connectivity index (χ1) is 8.25. The van der Waals surface area contributed by atoms with Crippen LogP contribution < -0.4 is 5.32 Å². The fourth-order valence-corrected chi connectivity index (χ4v) is 2.13. The van der Waals surface area contributed by atoms with E-state index < -0.39 is 0 Å². The first kappa shape index (κ1) is 12.2. The lowest BCUT2D eigenvalue weighted by Crippen LogP contribution is -2.39. The van der Waals surface area contributed by atoms with Crippen LogP contribution in [0.25, 0.3) is 0 Å². The topological polar surface area (TPSA) is 29.1 Å². The Kier molecular flexibility index (Phi) is 4.18. The van der Waals surface area contributed by atoms with Crippen LogP contribution in [-0.2, 0) is 11.2 Å². The molecule has 1 N–H and O–H groups in total. The van der Waals surface area contributed by atoms with E-state index in [1.165, 1.54) is 12.0 Å². The summed E-state index contributed by atoms with van der Waals surface area (Å²) < 4.78 is 0. The second kappa shape index (κ2) is 5.85. The largest absolute Gasteiger partial charge is 0.353 e. The van der Waals surface area contributed by atoms with Crippen molar-refractivity contribution in [1.29, 1.82) is 0 Å². The molecule has 2 heteroatoms. The molecule has 1 aromatic rings. The third kappa shape index (κ3) is 3.58. The van der Waals surface area contributed by atoms with Crippen LogP contribution in [0.15, 0.2) is 30.3 Å². The van der Waals surface area contributed by atoms with E-state index in [0.29, 0.717) is 5.92 Å². The SMILES string of the molecule is C[C@H](CCc1ccccc1)NC(=O)C1CCC1. The van der Waals surface area contributed by atoms with Crippen LogP contribution >= 0.6 is 0 Å². The fraction of sp³-hybridized carbons (Fsp3) is 0.533. The summed E-state index contributed by atoms with van der Waals surface area (Å²) in [6, 6.07) is 10.7.